The highest BCUT2D eigenvalue weighted by Crippen LogP contribution is 2.37. The number of aldehydes is 1. The molecular weight excluding hydrogens is 202 g/mol. The van der Waals surface area contributed by atoms with Crippen molar-refractivity contribution in [2.24, 2.45) is 5.41 Å². The lowest BCUT2D eigenvalue weighted by Gasteiger charge is -2.37. The Labute approximate surface area is 97.8 Å². The first-order chi connectivity index (χ1) is 7.79. The molecule has 0 saturated heterocycles. The van der Waals surface area contributed by atoms with Crippen molar-refractivity contribution in [2.75, 3.05) is 19.7 Å². The first-order valence-electron chi connectivity index (χ1n) is 6.61. The van der Waals surface area contributed by atoms with Crippen LogP contribution in [0.3, 0.4) is 0 Å². The quantitative estimate of drug-likeness (QED) is 0.698. The van der Waals surface area contributed by atoms with Gasteiger partial charge in [0.2, 0.25) is 0 Å². The normalized spacial score (nSPS) is 24.6. The molecule has 0 aliphatic heterocycles. The minimum Gasteiger partial charge on any atom is -0.395 e. The summed E-state index contributed by atoms with van der Waals surface area (Å²) in [5, 5.41) is 9.07. The Morgan fingerprint density at radius 1 is 1.25 bits per heavy atom. The number of carbonyl (C=O) groups excluding carboxylic acids is 1. The van der Waals surface area contributed by atoms with Gasteiger partial charge in [-0.1, -0.05) is 19.3 Å². The average molecular weight is 225 g/mol. The lowest BCUT2D eigenvalue weighted by atomic mass is 9.75. The molecule has 0 radical (unpaired) electrons. The van der Waals surface area contributed by atoms with Gasteiger partial charge in [-0.3, -0.25) is 4.90 Å². The van der Waals surface area contributed by atoms with Gasteiger partial charge in [0.25, 0.3) is 0 Å². The summed E-state index contributed by atoms with van der Waals surface area (Å²) in [6.07, 6.45) is 9.44. The highest BCUT2D eigenvalue weighted by Gasteiger charge is 2.38. The van der Waals surface area contributed by atoms with Gasteiger partial charge in [0.15, 0.2) is 0 Å². The molecule has 2 saturated carbocycles. The van der Waals surface area contributed by atoms with Crippen molar-refractivity contribution in [2.45, 2.75) is 51.0 Å². The molecule has 0 atom stereocenters. The summed E-state index contributed by atoms with van der Waals surface area (Å²) < 4.78 is 0. The van der Waals surface area contributed by atoms with Crippen molar-refractivity contribution in [3.63, 3.8) is 0 Å². The summed E-state index contributed by atoms with van der Waals surface area (Å²) in [7, 11) is 0. The van der Waals surface area contributed by atoms with Crippen LogP contribution >= 0.6 is 0 Å². The Bertz CT molecular complexity index is 232. The molecule has 92 valence electrons. The molecule has 0 aromatic heterocycles. The zero-order valence-corrected chi connectivity index (χ0v) is 10.0. The Morgan fingerprint density at radius 3 is 2.44 bits per heavy atom. The van der Waals surface area contributed by atoms with Crippen molar-refractivity contribution < 1.29 is 9.90 Å². The summed E-state index contributed by atoms with van der Waals surface area (Å²) >= 11 is 0. The van der Waals surface area contributed by atoms with E-state index in [0.29, 0.717) is 6.04 Å². The fraction of sp³-hybridized carbons (Fsp3) is 0.923. The molecule has 3 heteroatoms. The number of aliphatic hydroxyl groups is 1. The van der Waals surface area contributed by atoms with Crippen LogP contribution in [0.15, 0.2) is 0 Å². The number of hydrogen-bond donors (Lipinski definition) is 1. The molecule has 1 N–H and O–H groups in total. The van der Waals surface area contributed by atoms with E-state index in [1.54, 1.807) is 0 Å². The van der Waals surface area contributed by atoms with Crippen LogP contribution in [-0.4, -0.2) is 42.0 Å². The van der Waals surface area contributed by atoms with Crippen LogP contribution in [-0.2, 0) is 4.79 Å². The molecular formula is C13H23NO2. The molecule has 2 aliphatic rings. The molecule has 0 amide bonds. The number of rotatable bonds is 6. The molecule has 2 fully saturated rings. The van der Waals surface area contributed by atoms with Crippen molar-refractivity contribution in [1.29, 1.82) is 0 Å². The lowest BCUT2D eigenvalue weighted by Crippen LogP contribution is -2.42. The largest absolute Gasteiger partial charge is 0.395 e. The van der Waals surface area contributed by atoms with Crippen LogP contribution in [0.25, 0.3) is 0 Å². The van der Waals surface area contributed by atoms with Gasteiger partial charge in [0.1, 0.15) is 6.29 Å². The molecule has 0 heterocycles. The Morgan fingerprint density at radius 2 is 1.94 bits per heavy atom. The maximum absolute atomic E-state index is 11.4. The van der Waals surface area contributed by atoms with E-state index in [0.717, 1.165) is 25.9 Å². The third-order valence-electron chi connectivity index (χ3n) is 4.07. The summed E-state index contributed by atoms with van der Waals surface area (Å²) in [6.45, 7) is 1.83. The molecule has 0 bridgehead atoms. The fourth-order valence-corrected chi connectivity index (χ4v) is 2.93. The first kappa shape index (κ1) is 12.1. The van der Waals surface area contributed by atoms with Crippen molar-refractivity contribution in [3.05, 3.63) is 0 Å². The molecule has 0 spiro atoms. The smallest absolute Gasteiger partial charge is 0.127 e. The maximum Gasteiger partial charge on any atom is 0.127 e. The third-order valence-corrected chi connectivity index (χ3v) is 4.07. The highest BCUT2D eigenvalue weighted by molar-refractivity contribution is 5.60. The van der Waals surface area contributed by atoms with Crippen LogP contribution < -0.4 is 0 Å². The molecule has 0 aromatic rings. The Balaban J connectivity index is 1.94. The van der Waals surface area contributed by atoms with Crippen molar-refractivity contribution >= 4 is 6.29 Å². The molecule has 16 heavy (non-hydrogen) atoms. The molecule has 2 rings (SSSR count). The average Bonchev–Trinajstić information content (AvgIpc) is 3.14. The van der Waals surface area contributed by atoms with E-state index in [1.807, 2.05) is 0 Å². The SMILES string of the molecule is O=CC1(CN(CCO)C2CC2)CCCCC1. The lowest BCUT2D eigenvalue weighted by molar-refractivity contribution is -0.119. The second-order valence-electron chi connectivity index (χ2n) is 5.47. The van der Waals surface area contributed by atoms with Crippen molar-refractivity contribution in [1.82, 2.24) is 4.90 Å². The van der Waals surface area contributed by atoms with E-state index < -0.39 is 0 Å². The van der Waals surface area contributed by atoms with Gasteiger partial charge >= 0.3 is 0 Å². The second-order valence-corrected chi connectivity index (χ2v) is 5.47. The van der Waals surface area contributed by atoms with E-state index in [9.17, 15) is 4.79 Å². The highest BCUT2D eigenvalue weighted by atomic mass is 16.3. The standard InChI is InChI=1S/C13H23NO2/c15-9-8-14(12-4-5-12)10-13(11-16)6-2-1-3-7-13/h11-12,15H,1-10H2. The van der Waals surface area contributed by atoms with E-state index in [2.05, 4.69) is 4.90 Å². The minimum absolute atomic E-state index is 0.101. The van der Waals surface area contributed by atoms with E-state index in [4.69, 9.17) is 5.11 Å². The van der Waals surface area contributed by atoms with Crippen molar-refractivity contribution in [3.8, 4) is 0 Å². The van der Waals surface area contributed by atoms with E-state index in [1.165, 1.54) is 38.4 Å². The van der Waals surface area contributed by atoms with Crippen LogP contribution in [0, 0.1) is 5.41 Å². The first-order valence-corrected chi connectivity index (χ1v) is 6.61. The van der Waals surface area contributed by atoms with Crippen LogP contribution in [0.5, 0.6) is 0 Å². The Hall–Kier alpha value is -0.410. The molecule has 0 unspecified atom stereocenters. The predicted octanol–water partition coefficient (Wildman–Crippen LogP) is 1.59. The van der Waals surface area contributed by atoms with Gasteiger partial charge in [-0.25, -0.2) is 0 Å². The van der Waals surface area contributed by atoms with Gasteiger partial charge in [-0.2, -0.15) is 0 Å². The molecule has 3 nitrogen and oxygen atoms in total. The molecule has 0 aromatic carbocycles. The second kappa shape index (κ2) is 5.28. The summed E-state index contributed by atoms with van der Waals surface area (Å²) in [5.41, 5.74) is -0.101. The van der Waals surface area contributed by atoms with Gasteiger partial charge in [-0.05, 0) is 25.7 Å². The number of aliphatic hydroxyl groups excluding tert-OH is 1. The van der Waals surface area contributed by atoms with Gasteiger partial charge < -0.3 is 9.90 Å². The molecule has 2 aliphatic carbocycles. The summed E-state index contributed by atoms with van der Waals surface area (Å²) in [5.74, 6) is 0. The van der Waals surface area contributed by atoms with Crippen LogP contribution in [0.2, 0.25) is 0 Å². The zero-order chi connectivity index (χ0) is 11.4. The zero-order valence-electron chi connectivity index (χ0n) is 10.0. The fourth-order valence-electron chi connectivity index (χ4n) is 2.93. The maximum atomic E-state index is 11.4. The number of hydrogen-bond acceptors (Lipinski definition) is 3. The minimum atomic E-state index is -0.101. The Kier molecular flexibility index (Phi) is 3.98. The predicted molar refractivity (Wildman–Crippen MR) is 63.3 cm³/mol. The summed E-state index contributed by atoms with van der Waals surface area (Å²) in [4.78, 5) is 13.7. The van der Waals surface area contributed by atoms with E-state index >= 15 is 0 Å². The van der Waals surface area contributed by atoms with Gasteiger partial charge in [0, 0.05) is 24.5 Å². The topological polar surface area (TPSA) is 40.5 Å². The van der Waals surface area contributed by atoms with Crippen LogP contribution in [0.1, 0.15) is 44.9 Å². The van der Waals surface area contributed by atoms with E-state index in [-0.39, 0.29) is 12.0 Å². The van der Waals surface area contributed by atoms with Gasteiger partial charge in [0.05, 0.1) is 6.61 Å². The summed E-state index contributed by atoms with van der Waals surface area (Å²) in [6, 6.07) is 0.644. The monoisotopic (exact) mass is 225 g/mol. The van der Waals surface area contributed by atoms with Crippen LogP contribution in [0.4, 0.5) is 0 Å². The van der Waals surface area contributed by atoms with Gasteiger partial charge in [-0.15, -0.1) is 0 Å². The third kappa shape index (κ3) is 2.83. The number of carbonyl (C=O) groups is 1. The number of nitrogens with zero attached hydrogens (tertiary/aromatic N) is 1.